The first-order valence-electron chi connectivity index (χ1n) is 10.4. The van der Waals surface area contributed by atoms with E-state index in [1.165, 1.54) is 0 Å². The van der Waals surface area contributed by atoms with Crippen LogP contribution >= 0.6 is 0 Å². The maximum atomic E-state index is 13.0. The van der Waals surface area contributed by atoms with Crippen molar-refractivity contribution in [3.8, 4) is 0 Å². The Morgan fingerprint density at radius 1 is 1.07 bits per heavy atom. The Morgan fingerprint density at radius 2 is 1.80 bits per heavy atom. The predicted molar refractivity (Wildman–Crippen MR) is 122 cm³/mol. The fraction of sp³-hybridized carbons (Fsp3) is 0.348. The van der Waals surface area contributed by atoms with Crippen molar-refractivity contribution in [2.24, 2.45) is 21.5 Å². The van der Waals surface area contributed by atoms with Crippen molar-refractivity contribution >= 4 is 29.2 Å². The van der Waals surface area contributed by atoms with E-state index in [1.807, 2.05) is 61.2 Å². The van der Waals surface area contributed by atoms with Crippen LogP contribution in [0.4, 0.5) is 11.4 Å². The Bertz CT molecular complexity index is 1040. The van der Waals surface area contributed by atoms with E-state index in [2.05, 4.69) is 10.3 Å². The van der Waals surface area contributed by atoms with E-state index < -0.39 is 5.66 Å². The summed E-state index contributed by atoms with van der Waals surface area (Å²) in [5, 5.41) is 3.08. The third-order valence-corrected chi connectivity index (χ3v) is 5.88. The zero-order chi connectivity index (χ0) is 21.3. The fourth-order valence-electron chi connectivity index (χ4n) is 4.42. The van der Waals surface area contributed by atoms with Crippen molar-refractivity contribution in [1.29, 1.82) is 0 Å². The van der Waals surface area contributed by atoms with Gasteiger partial charge in [-0.05, 0) is 68.9 Å². The number of benzene rings is 2. The minimum Gasteiger partial charge on any atom is -0.369 e. The molecule has 0 unspecified atom stereocenters. The fourth-order valence-corrected chi connectivity index (χ4v) is 4.42. The number of hydrogen-bond acceptors (Lipinski definition) is 6. The van der Waals surface area contributed by atoms with Gasteiger partial charge in [0.05, 0.1) is 11.4 Å². The average molecular weight is 405 g/mol. The number of aryl methyl sites for hydroxylation is 2. The number of nitrogens with two attached hydrogens (primary N) is 2. The lowest BCUT2D eigenvalue weighted by Gasteiger charge is -2.46. The monoisotopic (exact) mass is 404 g/mol. The summed E-state index contributed by atoms with van der Waals surface area (Å²) >= 11 is 0. The molecule has 1 saturated carbocycles. The molecule has 156 valence electrons. The lowest BCUT2D eigenvalue weighted by molar-refractivity contribution is 0.102. The summed E-state index contributed by atoms with van der Waals surface area (Å²) in [6.07, 6.45) is 4.91. The molecule has 0 atom stereocenters. The van der Waals surface area contributed by atoms with Gasteiger partial charge in [0.2, 0.25) is 11.9 Å². The van der Waals surface area contributed by atoms with Gasteiger partial charge in [-0.25, -0.2) is 4.99 Å². The number of nitrogens with one attached hydrogen (secondary N) is 1. The largest absolute Gasteiger partial charge is 0.369 e. The van der Waals surface area contributed by atoms with E-state index in [0.717, 1.165) is 48.9 Å². The highest BCUT2D eigenvalue weighted by Crippen LogP contribution is 2.42. The van der Waals surface area contributed by atoms with E-state index in [-0.39, 0.29) is 11.9 Å². The van der Waals surface area contributed by atoms with Gasteiger partial charge in [0.1, 0.15) is 5.66 Å². The molecule has 1 fully saturated rings. The molecular weight excluding hydrogens is 376 g/mol. The van der Waals surface area contributed by atoms with Gasteiger partial charge in [0, 0.05) is 5.56 Å². The topological polar surface area (TPSA) is 109 Å². The molecule has 1 spiro atoms. The number of guanidine groups is 2. The first-order chi connectivity index (χ1) is 14.4. The molecule has 0 aromatic heterocycles. The second-order valence-electron chi connectivity index (χ2n) is 8.11. The van der Waals surface area contributed by atoms with E-state index in [4.69, 9.17) is 16.5 Å². The Morgan fingerprint density at radius 3 is 2.53 bits per heavy atom. The SMILES string of the molecule is Cc1ccc(NC(=O)c2ccccc2C)c(N2C(N)=NC(N)=NC23CCCCC3)c1. The molecule has 0 bridgehead atoms. The molecule has 2 aliphatic rings. The maximum absolute atomic E-state index is 13.0. The van der Waals surface area contributed by atoms with Crippen LogP contribution in [-0.4, -0.2) is 23.5 Å². The molecule has 1 aliphatic carbocycles. The molecule has 5 N–H and O–H groups in total. The van der Waals surface area contributed by atoms with Gasteiger partial charge in [-0.3, -0.25) is 9.69 Å². The average Bonchev–Trinajstić information content (AvgIpc) is 2.70. The highest BCUT2D eigenvalue weighted by atomic mass is 16.1. The zero-order valence-electron chi connectivity index (χ0n) is 17.5. The van der Waals surface area contributed by atoms with Gasteiger partial charge in [0.25, 0.3) is 5.91 Å². The minimum absolute atomic E-state index is 0.161. The summed E-state index contributed by atoms with van der Waals surface area (Å²) in [5.74, 6) is 0.358. The number of nitrogens with zero attached hydrogens (tertiary/aromatic N) is 3. The third-order valence-electron chi connectivity index (χ3n) is 5.88. The number of carbonyl (C=O) groups is 1. The lowest BCUT2D eigenvalue weighted by atomic mass is 9.87. The van der Waals surface area contributed by atoms with Crippen LogP contribution in [0, 0.1) is 13.8 Å². The Balaban J connectivity index is 1.77. The van der Waals surface area contributed by atoms with Crippen LogP contribution in [0.5, 0.6) is 0 Å². The number of carbonyl (C=O) groups excluding carboxylic acids is 1. The molecule has 4 rings (SSSR count). The molecular formula is C23H28N6O. The molecule has 0 saturated heterocycles. The highest BCUT2D eigenvalue weighted by molar-refractivity contribution is 6.11. The van der Waals surface area contributed by atoms with Crippen molar-refractivity contribution < 1.29 is 4.79 Å². The Hall–Kier alpha value is -3.35. The Labute approximate surface area is 176 Å². The first-order valence-corrected chi connectivity index (χ1v) is 10.4. The van der Waals surface area contributed by atoms with Gasteiger partial charge in [-0.15, -0.1) is 0 Å². The third kappa shape index (κ3) is 3.63. The van der Waals surface area contributed by atoms with Gasteiger partial charge < -0.3 is 16.8 Å². The van der Waals surface area contributed by atoms with Crippen molar-refractivity contribution in [3.63, 3.8) is 0 Å². The smallest absolute Gasteiger partial charge is 0.255 e. The number of amides is 1. The van der Waals surface area contributed by atoms with Crippen LogP contribution in [0.3, 0.4) is 0 Å². The molecule has 30 heavy (non-hydrogen) atoms. The summed E-state index contributed by atoms with van der Waals surface area (Å²) in [4.78, 5) is 24.0. The molecule has 7 heteroatoms. The van der Waals surface area contributed by atoms with Crippen LogP contribution in [0.2, 0.25) is 0 Å². The van der Waals surface area contributed by atoms with Crippen molar-refractivity contribution in [1.82, 2.24) is 0 Å². The van der Waals surface area contributed by atoms with E-state index >= 15 is 0 Å². The Kier molecular flexibility index (Phi) is 5.20. The van der Waals surface area contributed by atoms with Crippen LogP contribution in [0.25, 0.3) is 0 Å². The second kappa shape index (κ2) is 7.82. The molecule has 7 nitrogen and oxygen atoms in total. The van der Waals surface area contributed by atoms with E-state index in [0.29, 0.717) is 17.2 Å². The van der Waals surface area contributed by atoms with Crippen LogP contribution in [0.1, 0.15) is 53.6 Å². The zero-order valence-corrected chi connectivity index (χ0v) is 17.5. The second-order valence-corrected chi connectivity index (χ2v) is 8.11. The summed E-state index contributed by atoms with van der Waals surface area (Å²) < 4.78 is 0. The van der Waals surface area contributed by atoms with Gasteiger partial charge in [0.15, 0.2) is 0 Å². The maximum Gasteiger partial charge on any atom is 0.255 e. The van der Waals surface area contributed by atoms with Crippen molar-refractivity contribution in [3.05, 3.63) is 59.2 Å². The molecule has 2 aromatic carbocycles. The lowest BCUT2D eigenvalue weighted by Crippen LogP contribution is -2.58. The van der Waals surface area contributed by atoms with Gasteiger partial charge >= 0.3 is 0 Å². The van der Waals surface area contributed by atoms with Crippen molar-refractivity contribution in [2.75, 3.05) is 10.2 Å². The van der Waals surface area contributed by atoms with Crippen molar-refractivity contribution in [2.45, 2.75) is 51.6 Å². The quantitative estimate of drug-likeness (QED) is 0.725. The van der Waals surface area contributed by atoms with Gasteiger partial charge in [-0.1, -0.05) is 30.7 Å². The highest BCUT2D eigenvalue weighted by Gasteiger charge is 2.43. The van der Waals surface area contributed by atoms with E-state index in [1.54, 1.807) is 0 Å². The molecule has 0 radical (unpaired) electrons. The predicted octanol–water partition coefficient (Wildman–Crippen LogP) is 3.67. The van der Waals surface area contributed by atoms with Gasteiger partial charge in [-0.2, -0.15) is 4.99 Å². The van der Waals surface area contributed by atoms with Crippen LogP contribution < -0.4 is 21.7 Å². The standard InChI is InChI=1S/C23H28N6O/c1-15-10-11-18(26-20(30)17-9-5-4-8-16(17)2)19(14-15)29-22(25)27-21(24)28-23(29)12-6-3-7-13-23/h4-5,8-11,14H,3,6-7,12-13H2,1-2H3,(H,26,30)(H4,24,25,27,28). The minimum atomic E-state index is -0.565. The first kappa shape index (κ1) is 19.9. The van der Waals surface area contributed by atoms with E-state index in [9.17, 15) is 4.79 Å². The summed E-state index contributed by atoms with van der Waals surface area (Å²) in [7, 11) is 0. The summed E-state index contributed by atoms with van der Waals surface area (Å²) in [6.45, 7) is 3.94. The molecule has 2 aromatic rings. The summed E-state index contributed by atoms with van der Waals surface area (Å²) in [6, 6.07) is 13.4. The molecule has 1 heterocycles. The number of anilines is 2. The molecule has 1 aliphatic heterocycles. The number of aliphatic imine (C=N–C) groups is 2. The normalized spacial score (nSPS) is 18.0. The van der Waals surface area contributed by atoms with Crippen LogP contribution in [-0.2, 0) is 0 Å². The molecule has 1 amide bonds. The van der Waals surface area contributed by atoms with Crippen LogP contribution in [0.15, 0.2) is 52.4 Å². The number of rotatable bonds is 3. The number of hydrogen-bond donors (Lipinski definition) is 3. The summed E-state index contributed by atoms with van der Waals surface area (Å²) in [5.41, 5.74) is 15.9.